The number of hydrogen-bond acceptors (Lipinski definition) is 3. The number of carbonyl (C=O) groups is 2. The highest BCUT2D eigenvalue weighted by molar-refractivity contribution is 5.84. The van der Waals surface area contributed by atoms with E-state index in [9.17, 15) is 14.7 Å². The SMILES string of the molecule is CC(=O)CC[C@@H]1[C@@H]2C[C@H](C(C)(C)O)C(=O)C[C@@]12C. The fourth-order valence-electron chi connectivity index (χ4n) is 3.92. The van der Waals surface area contributed by atoms with Gasteiger partial charge >= 0.3 is 0 Å². The first-order chi connectivity index (χ1) is 8.16. The molecule has 0 bridgehead atoms. The summed E-state index contributed by atoms with van der Waals surface area (Å²) in [4.78, 5) is 23.2. The fraction of sp³-hybridized carbons (Fsp3) is 0.867. The summed E-state index contributed by atoms with van der Waals surface area (Å²) in [7, 11) is 0. The Hall–Kier alpha value is -0.700. The number of hydrogen-bond donors (Lipinski definition) is 1. The summed E-state index contributed by atoms with van der Waals surface area (Å²) in [6.07, 6.45) is 2.90. The van der Waals surface area contributed by atoms with Gasteiger partial charge in [-0.05, 0) is 50.9 Å². The van der Waals surface area contributed by atoms with E-state index in [2.05, 4.69) is 6.92 Å². The van der Waals surface area contributed by atoms with Gasteiger partial charge in [0.05, 0.1) is 5.60 Å². The molecule has 0 amide bonds. The molecule has 3 nitrogen and oxygen atoms in total. The first kappa shape index (κ1) is 13.7. The van der Waals surface area contributed by atoms with Crippen molar-refractivity contribution in [3.05, 3.63) is 0 Å². The van der Waals surface area contributed by atoms with Gasteiger partial charge in [-0.15, -0.1) is 0 Å². The molecule has 3 heteroatoms. The molecule has 0 saturated heterocycles. The zero-order valence-corrected chi connectivity index (χ0v) is 11.8. The van der Waals surface area contributed by atoms with Crippen LogP contribution in [-0.4, -0.2) is 22.3 Å². The zero-order chi connectivity index (χ0) is 13.7. The van der Waals surface area contributed by atoms with Gasteiger partial charge in [0.25, 0.3) is 0 Å². The highest BCUT2D eigenvalue weighted by atomic mass is 16.3. The van der Waals surface area contributed by atoms with Crippen LogP contribution in [0, 0.1) is 23.2 Å². The van der Waals surface area contributed by atoms with Gasteiger partial charge in [0, 0.05) is 18.8 Å². The molecule has 0 aromatic heterocycles. The Balaban J connectivity index is 2.03. The van der Waals surface area contributed by atoms with Crippen molar-refractivity contribution in [2.75, 3.05) is 0 Å². The first-order valence-corrected chi connectivity index (χ1v) is 6.91. The summed E-state index contributed by atoms with van der Waals surface area (Å²) in [5.74, 6) is 1.22. The van der Waals surface area contributed by atoms with E-state index in [1.807, 2.05) is 0 Å². The molecule has 18 heavy (non-hydrogen) atoms. The van der Waals surface area contributed by atoms with Crippen molar-refractivity contribution in [3.8, 4) is 0 Å². The molecular weight excluding hydrogens is 228 g/mol. The summed E-state index contributed by atoms with van der Waals surface area (Å²) in [5.41, 5.74) is -0.805. The molecule has 0 heterocycles. The summed E-state index contributed by atoms with van der Waals surface area (Å²) in [5, 5.41) is 10.1. The molecule has 2 fully saturated rings. The topological polar surface area (TPSA) is 54.4 Å². The number of aliphatic hydroxyl groups is 1. The zero-order valence-electron chi connectivity index (χ0n) is 11.8. The minimum Gasteiger partial charge on any atom is -0.390 e. The highest BCUT2D eigenvalue weighted by Gasteiger charge is 2.65. The minimum atomic E-state index is -0.911. The molecule has 2 saturated carbocycles. The maximum atomic E-state index is 12.1. The van der Waals surface area contributed by atoms with Crippen LogP contribution in [0.15, 0.2) is 0 Å². The minimum absolute atomic E-state index is 0.105. The van der Waals surface area contributed by atoms with Crippen LogP contribution in [0.5, 0.6) is 0 Å². The van der Waals surface area contributed by atoms with E-state index >= 15 is 0 Å². The van der Waals surface area contributed by atoms with Gasteiger partial charge in [-0.1, -0.05) is 6.92 Å². The third-order valence-corrected chi connectivity index (χ3v) is 5.16. The molecule has 4 atom stereocenters. The van der Waals surface area contributed by atoms with E-state index in [1.165, 1.54) is 0 Å². The van der Waals surface area contributed by atoms with E-state index in [-0.39, 0.29) is 22.9 Å². The van der Waals surface area contributed by atoms with Crippen LogP contribution >= 0.6 is 0 Å². The molecule has 0 radical (unpaired) electrons. The highest BCUT2D eigenvalue weighted by Crippen LogP contribution is 2.68. The summed E-state index contributed by atoms with van der Waals surface area (Å²) in [6.45, 7) is 7.25. The van der Waals surface area contributed by atoms with E-state index in [0.29, 0.717) is 24.7 Å². The van der Waals surface area contributed by atoms with Gasteiger partial charge < -0.3 is 9.90 Å². The molecule has 0 spiro atoms. The Labute approximate surface area is 109 Å². The van der Waals surface area contributed by atoms with Crippen molar-refractivity contribution >= 4 is 11.6 Å². The van der Waals surface area contributed by atoms with Crippen molar-refractivity contribution < 1.29 is 14.7 Å². The second-order valence-electron chi connectivity index (χ2n) is 7.04. The lowest BCUT2D eigenvalue weighted by atomic mass is 9.74. The maximum Gasteiger partial charge on any atom is 0.139 e. The molecule has 1 N–H and O–H groups in total. The molecule has 0 unspecified atom stereocenters. The number of rotatable bonds is 4. The molecule has 0 aliphatic heterocycles. The monoisotopic (exact) mass is 252 g/mol. The Morgan fingerprint density at radius 3 is 2.61 bits per heavy atom. The molecule has 2 aliphatic carbocycles. The lowest BCUT2D eigenvalue weighted by Gasteiger charge is -2.33. The van der Waals surface area contributed by atoms with Crippen LogP contribution in [0.3, 0.4) is 0 Å². The van der Waals surface area contributed by atoms with Gasteiger partial charge in [-0.25, -0.2) is 0 Å². The second-order valence-corrected chi connectivity index (χ2v) is 7.04. The quantitative estimate of drug-likeness (QED) is 0.835. The van der Waals surface area contributed by atoms with Crippen molar-refractivity contribution in [2.24, 2.45) is 23.2 Å². The second kappa shape index (κ2) is 4.16. The maximum absolute atomic E-state index is 12.1. The molecule has 0 aromatic rings. The third kappa shape index (κ3) is 2.25. The van der Waals surface area contributed by atoms with Gasteiger partial charge in [0.2, 0.25) is 0 Å². The Bertz CT molecular complexity index is 380. The van der Waals surface area contributed by atoms with Crippen LogP contribution < -0.4 is 0 Å². The van der Waals surface area contributed by atoms with E-state index < -0.39 is 5.60 Å². The number of ketones is 2. The lowest BCUT2D eigenvalue weighted by molar-refractivity contribution is -0.134. The summed E-state index contributed by atoms with van der Waals surface area (Å²) >= 11 is 0. The fourth-order valence-corrected chi connectivity index (χ4v) is 3.92. The standard InChI is InChI=1S/C15H24O3/c1-9(16)5-6-10-11-7-12(14(2,3)18)13(17)8-15(10,11)4/h10-12,18H,5-8H2,1-4H3/t10-,11+,12+,15+/m1/s1. The molecule has 2 aliphatic rings. The number of Topliss-reactive ketones (excluding diaryl/α,β-unsaturated/α-hetero) is 2. The van der Waals surface area contributed by atoms with Crippen LogP contribution in [0.25, 0.3) is 0 Å². The average molecular weight is 252 g/mol. The van der Waals surface area contributed by atoms with E-state index in [4.69, 9.17) is 0 Å². The molecule has 2 rings (SSSR count). The van der Waals surface area contributed by atoms with Crippen molar-refractivity contribution in [3.63, 3.8) is 0 Å². The average Bonchev–Trinajstić information content (AvgIpc) is 2.75. The van der Waals surface area contributed by atoms with Crippen LogP contribution in [0.4, 0.5) is 0 Å². The van der Waals surface area contributed by atoms with Crippen LogP contribution in [0.1, 0.15) is 53.4 Å². The molecular formula is C15H24O3. The summed E-state index contributed by atoms with van der Waals surface area (Å²) < 4.78 is 0. The van der Waals surface area contributed by atoms with Crippen LogP contribution in [0.2, 0.25) is 0 Å². The molecule has 0 aromatic carbocycles. The van der Waals surface area contributed by atoms with Crippen molar-refractivity contribution in [1.29, 1.82) is 0 Å². The normalized spacial score (nSPS) is 39.4. The van der Waals surface area contributed by atoms with E-state index in [0.717, 1.165) is 12.8 Å². The summed E-state index contributed by atoms with van der Waals surface area (Å²) in [6, 6.07) is 0. The largest absolute Gasteiger partial charge is 0.390 e. The van der Waals surface area contributed by atoms with Crippen molar-refractivity contribution in [1.82, 2.24) is 0 Å². The molecule has 102 valence electrons. The number of carbonyl (C=O) groups excluding carboxylic acids is 2. The predicted molar refractivity (Wildman–Crippen MR) is 69.0 cm³/mol. The van der Waals surface area contributed by atoms with Gasteiger partial charge in [0.1, 0.15) is 11.6 Å². The lowest BCUT2D eigenvalue weighted by Crippen LogP contribution is -2.40. The Kier molecular flexibility index (Phi) is 3.17. The Morgan fingerprint density at radius 2 is 2.11 bits per heavy atom. The first-order valence-electron chi connectivity index (χ1n) is 6.91. The smallest absolute Gasteiger partial charge is 0.139 e. The Morgan fingerprint density at radius 1 is 1.50 bits per heavy atom. The van der Waals surface area contributed by atoms with Crippen LogP contribution in [-0.2, 0) is 9.59 Å². The van der Waals surface area contributed by atoms with Gasteiger partial charge in [0.15, 0.2) is 0 Å². The van der Waals surface area contributed by atoms with E-state index in [1.54, 1.807) is 20.8 Å². The van der Waals surface area contributed by atoms with Gasteiger partial charge in [-0.3, -0.25) is 4.79 Å². The predicted octanol–water partition coefficient (Wildman–Crippen LogP) is 2.36. The van der Waals surface area contributed by atoms with Gasteiger partial charge in [-0.2, -0.15) is 0 Å². The van der Waals surface area contributed by atoms with Crippen molar-refractivity contribution in [2.45, 2.75) is 59.0 Å². The number of fused-ring (bicyclic) bond motifs is 1. The third-order valence-electron chi connectivity index (χ3n) is 5.16.